The molecule has 7 nitrogen and oxygen atoms in total. The van der Waals surface area contributed by atoms with Crippen LogP contribution in [-0.4, -0.2) is 48.3 Å². The highest BCUT2D eigenvalue weighted by Gasteiger charge is 2.42. The van der Waals surface area contributed by atoms with Crippen molar-refractivity contribution >= 4 is 21.9 Å². The summed E-state index contributed by atoms with van der Waals surface area (Å²) in [6.07, 6.45) is 0.503. The lowest BCUT2D eigenvalue weighted by atomic mass is 10.0. The summed E-state index contributed by atoms with van der Waals surface area (Å²) in [5.41, 5.74) is 1.42. The monoisotopic (exact) mass is 402 g/mol. The van der Waals surface area contributed by atoms with E-state index in [-0.39, 0.29) is 18.7 Å². The van der Waals surface area contributed by atoms with Crippen LogP contribution >= 0.6 is 0 Å². The first-order chi connectivity index (χ1) is 13.4. The van der Waals surface area contributed by atoms with Crippen molar-refractivity contribution < 1.29 is 23.1 Å². The Kier molecular flexibility index (Phi) is 6.11. The zero-order valence-electron chi connectivity index (χ0n) is 15.2. The average molecular weight is 402 g/mol. The summed E-state index contributed by atoms with van der Waals surface area (Å²) in [5, 5.41) is 11.9. The van der Waals surface area contributed by atoms with E-state index in [1.807, 2.05) is 6.07 Å². The molecule has 3 rings (SSSR count). The van der Waals surface area contributed by atoms with Gasteiger partial charge in [-0.15, -0.1) is 0 Å². The van der Waals surface area contributed by atoms with Crippen molar-refractivity contribution in [2.75, 3.05) is 6.54 Å². The number of carbonyl (C=O) groups excluding carboxylic acids is 1. The van der Waals surface area contributed by atoms with Crippen molar-refractivity contribution in [3.05, 3.63) is 71.8 Å². The molecule has 0 saturated carbocycles. The number of hydrogen-bond donors (Lipinski definition) is 2. The quantitative estimate of drug-likeness (QED) is 0.695. The zero-order valence-corrected chi connectivity index (χ0v) is 16.0. The second-order valence-electron chi connectivity index (χ2n) is 6.75. The average Bonchev–Trinajstić information content (AvgIpc) is 2.61. The number of nitrogens with one attached hydrogen (secondary N) is 1. The topological polar surface area (TPSA) is 104 Å². The van der Waals surface area contributed by atoms with Crippen molar-refractivity contribution in [3.63, 3.8) is 0 Å². The van der Waals surface area contributed by atoms with E-state index in [2.05, 4.69) is 5.32 Å². The van der Waals surface area contributed by atoms with Gasteiger partial charge in [0.2, 0.25) is 15.9 Å². The van der Waals surface area contributed by atoms with Gasteiger partial charge < -0.3 is 10.4 Å². The molecule has 0 aromatic heterocycles. The van der Waals surface area contributed by atoms with Gasteiger partial charge in [0.25, 0.3) is 0 Å². The zero-order chi connectivity index (χ0) is 20.1. The number of sulfonamides is 1. The van der Waals surface area contributed by atoms with E-state index in [4.69, 9.17) is 0 Å². The van der Waals surface area contributed by atoms with Gasteiger partial charge in [-0.05, 0) is 17.5 Å². The summed E-state index contributed by atoms with van der Waals surface area (Å²) >= 11 is 0. The number of amides is 1. The number of nitrogens with zero attached hydrogens (tertiary/aromatic N) is 1. The van der Waals surface area contributed by atoms with Gasteiger partial charge in [0.15, 0.2) is 0 Å². The van der Waals surface area contributed by atoms with Crippen LogP contribution in [0.5, 0.6) is 0 Å². The van der Waals surface area contributed by atoms with Crippen LogP contribution < -0.4 is 5.32 Å². The summed E-state index contributed by atoms with van der Waals surface area (Å²) in [4.78, 5) is 24.1. The van der Waals surface area contributed by atoms with E-state index in [1.165, 1.54) is 0 Å². The number of aliphatic carboxylic acids is 1. The van der Waals surface area contributed by atoms with E-state index in [9.17, 15) is 23.1 Å². The normalized spacial score (nSPS) is 18.1. The third-order valence-electron chi connectivity index (χ3n) is 4.72. The lowest BCUT2D eigenvalue weighted by Crippen LogP contribution is -2.60. The molecule has 0 aliphatic carbocycles. The van der Waals surface area contributed by atoms with Crippen LogP contribution in [0.3, 0.4) is 0 Å². The maximum Gasteiger partial charge on any atom is 0.326 e. The van der Waals surface area contributed by atoms with Crippen LogP contribution in [0.2, 0.25) is 0 Å². The highest BCUT2D eigenvalue weighted by molar-refractivity contribution is 7.88. The van der Waals surface area contributed by atoms with E-state index in [0.29, 0.717) is 12.0 Å². The first kappa shape index (κ1) is 20.0. The molecule has 0 radical (unpaired) electrons. The standard InChI is InChI=1S/C20H22N2O5S/c23-19(21-17(20(24)25)13-15-7-3-1-4-8-15)18-11-12-22(18)28(26,27)14-16-9-5-2-6-10-16/h1-10,17-18H,11-14H2,(H,21,23)(H,24,25). The summed E-state index contributed by atoms with van der Waals surface area (Å²) in [7, 11) is -3.66. The molecule has 1 heterocycles. The minimum absolute atomic E-state index is 0.130. The summed E-state index contributed by atoms with van der Waals surface area (Å²) < 4.78 is 26.4. The Labute approximate surface area is 164 Å². The van der Waals surface area contributed by atoms with Gasteiger partial charge >= 0.3 is 5.97 Å². The predicted molar refractivity (Wildman–Crippen MR) is 104 cm³/mol. The third-order valence-corrected chi connectivity index (χ3v) is 6.57. The molecule has 8 heteroatoms. The van der Waals surface area contributed by atoms with Crippen LogP contribution in [0, 0.1) is 0 Å². The first-order valence-corrected chi connectivity index (χ1v) is 10.6. The SMILES string of the molecule is O=C(O)C(Cc1ccccc1)NC(=O)C1CCN1S(=O)(=O)Cc1ccccc1. The Balaban J connectivity index is 1.65. The predicted octanol–water partition coefficient (Wildman–Crippen LogP) is 1.40. The molecule has 0 bridgehead atoms. The first-order valence-electron chi connectivity index (χ1n) is 8.97. The number of hydrogen-bond acceptors (Lipinski definition) is 4. The second-order valence-corrected chi connectivity index (χ2v) is 8.67. The van der Waals surface area contributed by atoms with Crippen LogP contribution in [0.4, 0.5) is 0 Å². The number of carbonyl (C=O) groups is 2. The molecule has 2 atom stereocenters. The van der Waals surface area contributed by atoms with Gasteiger partial charge in [0, 0.05) is 13.0 Å². The van der Waals surface area contributed by atoms with Crippen molar-refractivity contribution in [1.82, 2.24) is 9.62 Å². The maximum absolute atomic E-state index is 12.6. The van der Waals surface area contributed by atoms with E-state index in [1.54, 1.807) is 54.6 Å². The smallest absolute Gasteiger partial charge is 0.326 e. The highest BCUT2D eigenvalue weighted by atomic mass is 32.2. The lowest BCUT2D eigenvalue weighted by Gasteiger charge is -2.38. The lowest BCUT2D eigenvalue weighted by molar-refractivity contribution is -0.143. The second kappa shape index (κ2) is 8.53. The van der Waals surface area contributed by atoms with Gasteiger partial charge in [-0.25, -0.2) is 13.2 Å². The number of carboxylic acids is 1. The molecule has 1 aliphatic heterocycles. The Hall–Kier alpha value is -2.71. The van der Waals surface area contributed by atoms with Gasteiger partial charge in [-0.2, -0.15) is 4.31 Å². The minimum Gasteiger partial charge on any atom is -0.480 e. The molecule has 1 saturated heterocycles. The Bertz CT molecular complexity index is 932. The molecule has 2 N–H and O–H groups in total. The fraction of sp³-hybridized carbons (Fsp3) is 0.300. The molecule has 2 aromatic rings. The summed E-state index contributed by atoms with van der Waals surface area (Å²) in [5.74, 6) is -1.93. The molecule has 1 fully saturated rings. The van der Waals surface area contributed by atoms with Gasteiger partial charge in [0.1, 0.15) is 12.1 Å². The van der Waals surface area contributed by atoms with Gasteiger partial charge in [0.05, 0.1) is 5.75 Å². The third kappa shape index (κ3) is 4.76. The summed E-state index contributed by atoms with van der Waals surface area (Å²) in [6.45, 7) is 0.254. The molecule has 1 aliphatic rings. The van der Waals surface area contributed by atoms with Gasteiger partial charge in [-0.1, -0.05) is 60.7 Å². The van der Waals surface area contributed by atoms with Crippen molar-refractivity contribution in [2.24, 2.45) is 0 Å². The number of benzene rings is 2. The molecule has 1 amide bonds. The molecule has 2 unspecified atom stereocenters. The maximum atomic E-state index is 12.6. The number of rotatable bonds is 8. The van der Waals surface area contributed by atoms with E-state index < -0.39 is 34.0 Å². The van der Waals surface area contributed by atoms with Crippen LogP contribution in [0.15, 0.2) is 60.7 Å². The van der Waals surface area contributed by atoms with Crippen molar-refractivity contribution in [3.8, 4) is 0 Å². The summed E-state index contributed by atoms with van der Waals surface area (Å²) in [6, 6.07) is 15.7. The van der Waals surface area contributed by atoms with Crippen LogP contribution in [0.25, 0.3) is 0 Å². The molecular weight excluding hydrogens is 380 g/mol. The van der Waals surface area contributed by atoms with Crippen molar-refractivity contribution in [2.45, 2.75) is 30.7 Å². The molecule has 0 spiro atoms. The highest BCUT2D eigenvalue weighted by Crippen LogP contribution is 2.24. The van der Waals surface area contributed by atoms with E-state index in [0.717, 1.165) is 9.87 Å². The minimum atomic E-state index is -3.66. The number of carboxylic acid groups (broad SMARTS) is 1. The van der Waals surface area contributed by atoms with Gasteiger partial charge in [-0.3, -0.25) is 4.79 Å². The molecule has 28 heavy (non-hydrogen) atoms. The Morgan fingerprint density at radius 3 is 2.11 bits per heavy atom. The molecular formula is C20H22N2O5S. The van der Waals surface area contributed by atoms with Crippen LogP contribution in [-0.2, 0) is 31.8 Å². The Morgan fingerprint density at radius 2 is 1.61 bits per heavy atom. The largest absolute Gasteiger partial charge is 0.480 e. The fourth-order valence-electron chi connectivity index (χ4n) is 3.14. The van der Waals surface area contributed by atoms with E-state index >= 15 is 0 Å². The molecule has 148 valence electrons. The Morgan fingerprint density at radius 1 is 1.04 bits per heavy atom. The van der Waals surface area contributed by atoms with Crippen LogP contribution in [0.1, 0.15) is 17.5 Å². The fourth-order valence-corrected chi connectivity index (χ4v) is 4.90. The van der Waals surface area contributed by atoms with Crippen molar-refractivity contribution in [1.29, 1.82) is 0 Å². The molecule has 2 aromatic carbocycles.